The van der Waals surface area contributed by atoms with Crippen molar-refractivity contribution in [2.75, 3.05) is 0 Å². The third kappa shape index (κ3) is 25.4. The van der Waals surface area contributed by atoms with Crippen molar-refractivity contribution in [1.82, 2.24) is 0 Å². The van der Waals surface area contributed by atoms with E-state index < -0.39 is 0 Å². The van der Waals surface area contributed by atoms with E-state index in [9.17, 15) is 0 Å². The standard InChI is InChI=1S/2Mo.S2.2HTe/c;;1-2;;/h;;;2*1H/q;;-2;;. The summed E-state index contributed by atoms with van der Waals surface area (Å²) in [4.78, 5) is 0. The van der Waals surface area contributed by atoms with Crippen LogP contribution in [0.4, 0.5) is 0 Å². The number of hydrogen-bond donors (Lipinski definition) is 0. The van der Waals surface area contributed by atoms with Gasteiger partial charge in [0, 0.05) is 42.1 Å². The minimum atomic E-state index is 0. The molecule has 40 valence electrons. The Hall–Kier alpha value is 3.66. The summed E-state index contributed by atoms with van der Waals surface area (Å²) < 4.78 is 0. The van der Waals surface area contributed by atoms with Crippen LogP contribution in [0, 0.1) is 0 Å². The Bertz CT molecular complexity index is 9.51. The van der Waals surface area contributed by atoms with Gasteiger partial charge in [-0.05, 0) is 0 Å². The third-order valence-electron chi connectivity index (χ3n) is 0. The van der Waals surface area contributed by atoms with Crippen molar-refractivity contribution in [3.8, 4) is 0 Å². The molecular formula is H2Mo2S2Te2-2. The Kier molecular flexibility index (Phi) is 211. The van der Waals surface area contributed by atoms with E-state index in [1.54, 1.807) is 0 Å². The molecule has 0 saturated carbocycles. The first-order valence-corrected chi connectivity index (χ1v) is 1.50. The third-order valence-corrected chi connectivity index (χ3v) is 0. The predicted octanol–water partition coefficient (Wildman–Crippen LogP) is -1.31. The van der Waals surface area contributed by atoms with Gasteiger partial charge in [-0.15, -0.1) is 0 Å². The summed E-state index contributed by atoms with van der Waals surface area (Å²) in [6, 6.07) is 0. The second-order valence-electron chi connectivity index (χ2n) is 0. The molecule has 0 aliphatic rings. The van der Waals surface area contributed by atoms with Crippen LogP contribution in [0.5, 0.6) is 0 Å². The van der Waals surface area contributed by atoms with E-state index in [0.29, 0.717) is 0 Å². The van der Waals surface area contributed by atoms with Crippen LogP contribution in [-0.2, 0) is 65.5 Å². The predicted molar refractivity (Wildman–Crippen MR) is 29.0 cm³/mol. The van der Waals surface area contributed by atoms with Gasteiger partial charge >= 0.3 is 47.3 Å². The molecule has 6 heavy (non-hydrogen) atoms. The minimum absolute atomic E-state index is 0. The van der Waals surface area contributed by atoms with Gasteiger partial charge in [0.05, 0.1) is 0 Å². The fourth-order valence-electron chi connectivity index (χ4n) is 0. The summed E-state index contributed by atoms with van der Waals surface area (Å²) in [6.45, 7) is 0. The van der Waals surface area contributed by atoms with Crippen LogP contribution in [0.25, 0.3) is 0 Å². The SMILES string of the molecule is [Mo].[Mo].[S-][S-].[TeH].[TeH]. The molecule has 0 aromatic heterocycles. The van der Waals surface area contributed by atoms with Crippen LogP contribution in [0.2, 0.25) is 0 Å². The quantitative estimate of drug-likeness (QED) is 0.225. The Morgan fingerprint density at radius 2 is 0.667 bits per heavy atom. The van der Waals surface area contributed by atoms with Gasteiger partial charge in [-0.2, -0.15) is 0 Å². The van der Waals surface area contributed by atoms with E-state index in [1.165, 1.54) is 0 Å². The van der Waals surface area contributed by atoms with Crippen LogP contribution in [-0.4, -0.2) is 47.3 Å². The molecule has 0 spiro atoms. The molecule has 0 saturated heterocycles. The maximum absolute atomic E-state index is 3.67. The van der Waals surface area contributed by atoms with E-state index in [2.05, 4.69) is 23.3 Å². The van der Waals surface area contributed by atoms with E-state index in [-0.39, 0.29) is 89.5 Å². The zero-order valence-corrected chi connectivity index (χ0v) is 13.3. The van der Waals surface area contributed by atoms with E-state index in [1.807, 2.05) is 0 Å². The normalized spacial score (nSPS) is 1.00. The van der Waals surface area contributed by atoms with Gasteiger partial charge in [0.15, 0.2) is 0 Å². The Morgan fingerprint density at radius 3 is 0.667 bits per heavy atom. The first-order valence-electron chi connectivity index (χ1n) is 0.167. The van der Waals surface area contributed by atoms with Gasteiger partial charge in [0.2, 0.25) is 0 Å². The molecule has 0 atom stereocenters. The fourth-order valence-corrected chi connectivity index (χ4v) is 0. The summed E-state index contributed by atoms with van der Waals surface area (Å²) in [5.41, 5.74) is 0. The molecule has 0 unspecified atom stereocenters. The number of rotatable bonds is 0. The summed E-state index contributed by atoms with van der Waals surface area (Å²) in [5, 5.41) is 0. The van der Waals surface area contributed by atoms with Gasteiger partial charge in [0.25, 0.3) is 0 Å². The summed E-state index contributed by atoms with van der Waals surface area (Å²) in [7, 11) is 0. The van der Waals surface area contributed by atoms with E-state index in [4.69, 9.17) is 0 Å². The van der Waals surface area contributed by atoms with Crippen molar-refractivity contribution in [2.24, 2.45) is 0 Å². The molecule has 0 heterocycles. The summed E-state index contributed by atoms with van der Waals surface area (Å²) in [6.07, 6.45) is 0. The Labute approximate surface area is 111 Å². The summed E-state index contributed by atoms with van der Waals surface area (Å²) >= 11 is 7.33. The topological polar surface area (TPSA) is 0 Å². The van der Waals surface area contributed by atoms with Crippen molar-refractivity contribution in [3.63, 3.8) is 0 Å². The number of hydrogen-bond acceptors (Lipinski definition) is 2. The molecule has 0 aromatic rings. The van der Waals surface area contributed by atoms with Crippen LogP contribution in [0.15, 0.2) is 0 Å². The van der Waals surface area contributed by atoms with Gasteiger partial charge < -0.3 is 23.3 Å². The van der Waals surface area contributed by atoms with Crippen LogP contribution >= 0.6 is 0 Å². The zero-order chi connectivity index (χ0) is 2.00. The van der Waals surface area contributed by atoms with Gasteiger partial charge in [0.1, 0.15) is 0 Å². The average Bonchev–Trinajstić information content (AvgIpc) is 1.00. The van der Waals surface area contributed by atoms with E-state index >= 15 is 0 Å². The molecule has 0 bridgehead atoms. The first-order chi connectivity index (χ1) is 1.00. The average molecular weight is 513 g/mol. The van der Waals surface area contributed by atoms with Crippen LogP contribution in [0.1, 0.15) is 0 Å². The van der Waals surface area contributed by atoms with Gasteiger partial charge in [-0.25, -0.2) is 0 Å². The summed E-state index contributed by atoms with van der Waals surface area (Å²) in [5.74, 6) is 0. The fraction of sp³-hybridized carbons (Fsp3) is 0. The second-order valence-corrected chi connectivity index (χ2v) is 0. The molecule has 0 rings (SSSR count). The molecule has 0 nitrogen and oxygen atoms in total. The molecule has 0 aliphatic heterocycles. The Morgan fingerprint density at radius 1 is 0.667 bits per heavy atom. The molecule has 0 aliphatic carbocycles. The van der Waals surface area contributed by atoms with Crippen LogP contribution < -0.4 is 0 Å². The van der Waals surface area contributed by atoms with Crippen molar-refractivity contribution in [3.05, 3.63) is 0 Å². The monoisotopic (exact) mass is 522 g/mol. The molecule has 0 fully saturated rings. The molecule has 0 amide bonds. The molecule has 0 aromatic carbocycles. The van der Waals surface area contributed by atoms with Gasteiger partial charge in [-0.1, -0.05) is 0 Å². The zero-order valence-electron chi connectivity index (χ0n) is 2.53. The molecule has 0 N–H and O–H groups in total. The van der Waals surface area contributed by atoms with Gasteiger partial charge in [-0.3, -0.25) is 0 Å². The first kappa shape index (κ1) is 33.4. The molecule has 6 heteroatoms. The van der Waals surface area contributed by atoms with Crippen molar-refractivity contribution < 1.29 is 42.1 Å². The second kappa shape index (κ2) is 38.0. The van der Waals surface area contributed by atoms with Crippen molar-refractivity contribution in [1.29, 1.82) is 0 Å². The van der Waals surface area contributed by atoms with E-state index in [0.717, 1.165) is 0 Å². The molecule has 2 radical (unpaired) electrons. The Balaban J connectivity index is -0.000000000833. The molecular weight excluding hydrogens is 511 g/mol. The van der Waals surface area contributed by atoms with Crippen molar-refractivity contribution >= 4 is 70.7 Å². The van der Waals surface area contributed by atoms with Crippen LogP contribution in [0.3, 0.4) is 0 Å². The maximum atomic E-state index is 3.67. The van der Waals surface area contributed by atoms with Crippen molar-refractivity contribution in [2.45, 2.75) is 0 Å².